The van der Waals surface area contributed by atoms with Gasteiger partial charge in [0.15, 0.2) is 0 Å². The maximum absolute atomic E-state index is 4.19. The Hall–Kier alpha value is -0.350. The monoisotopic (exact) mass is 276 g/mol. The highest BCUT2D eigenvalue weighted by molar-refractivity contribution is 9.10. The third kappa shape index (κ3) is 1.62. The van der Waals surface area contributed by atoms with Gasteiger partial charge in [-0.2, -0.15) is 0 Å². The summed E-state index contributed by atoms with van der Waals surface area (Å²) in [7, 11) is 0. The van der Waals surface area contributed by atoms with Crippen LogP contribution in [0.3, 0.4) is 0 Å². The van der Waals surface area contributed by atoms with Crippen LogP contribution in [0.4, 0.5) is 0 Å². The standard InChI is InChI=1S/C7H5BrN2.BrH/c8-6-5-10-4-2-1-3-7(10)9-6;/h1-5H;1H. The average molecular weight is 278 g/mol. The van der Waals surface area contributed by atoms with Crippen molar-refractivity contribution in [1.29, 1.82) is 0 Å². The highest BCUT2D eigenvalue weighted by Crippen LogP contribution is 2.09. The van der Waals surface area contributed by atoms with Gasteiger partial charge in [0.1, 0.15) is 10.3 Å². The Morgan fingerprint density at radius 2 is 2.18 bits per heavy atom. The maximum Gasteiger partial charge on any atom is 0.138 e. The van der Waals surface area contributed by atoms with E-state index in [1.807, 2.05) is 35.0 Å². The molecule has 0 fully saturated rings. The van der Waals surface area contributed by atoms with Crippen molar-refractivity contribution in [2.24, 2.45) is 0 Å². The van der Waals surface area contributed by atoms with Gasteiger partial charge in [0.25, 0.3) is 0 Å². The number of fused-ring (bicyclic) bond motifs is 1. The largest absolute Gasteiger partial charge is 0.306 e. The second-order valence-electron chi connectivity index (χ2n) is 2.03. The van der Waals surface area contributed by atoms with Crippen molar-refractivity contribution in [2.45, 2.75) is 0 Å². The van der Waals surface area contributed by atoms with Crippen molar-refractivity contribution in [2.75, 3.05) is 0 Å². The normalized spacial score (nSPS) is 9.55. The molecule has 2 aromatic heterocycles. The number of hydrogen-bond acceptors (Lipinski definition) is 1. The molecule has 0 bridgehead atoms. The fraction of sp³-hybridized carbons (Fsp3) is 0. The molecule has 0 atom stereocenters. The molecule has 0 aliphatic rings. The van der Waals surface area contributed by atoms with Gasteiger partial charge < -0.3 is 4.40 Å². The Bertz CT molecular complexity index is 323. The molecule has 0 radical (unpaired) electrons. The van der Waals surface area contributed by atoms with Crippen LogP contribution in [0, 0.1) is 0 Å². The average Bonchev–Trinajstić information content (AvgIpc) is 2.27. The Labute approximate surface area is 83.1 Å². The highest BCUT2D eigenvalue weighted by Gasteiger charge is 1.93. The molecule has 0 saturated carbocycles. The van der Waals surface area contributed by atoms with Gasteiger partial charge in [-0.15, -0.1) is 17.0 Å². The first-order chi connectivity index (χ1) is 4.86. The van der Waals surface area contributed by atoms with Crippen LogP contribution in [0.5, 0.6) is 0 Å². The summed E-state index contributed by atoms with van der Waals surface area (Å²) in [5.41, 5.74) is 0.967. The summed E-state index contributed by atoms with van der Waals surface area (Å²) in [5.74, 6) is 0. The molecule has 58 valence electrons. The molecular formula is C7H6Br2N2. The molecular weight excluding hydrogens is 272 g/mol. The SMILES string of the molecule is Br.Brc1cn2ccccc2n1. The van der Waals surface area contributed by atoms with Gasteiger partial charge in [-0.25, -0.2) is 4.98 Å². The summed E-state index contributed by atoms with van der Waals surface area (Å²) in [4.78, 5) is 4.19. The van der Waals surface area contributed by atoms with Gasteiger partial charge in [-0.05, 0) is 28.1 Å². The summed E-state index contributed by atoms with van der Waals surface area (Å²) in [6.45, 7) is 0. The first kappa shape index (κ1) is 8.74. The van der Waals surface area contributed by atoms with Gasteiger partial charge in [0.05, 0.1) is 0 Å². The van der Waals surface area contributed by atoms with Crippen LogP contribution >= 0.6 is 32.9 Å². The van der Waals surface area contributed by atoms with E-state index >= 15 is 0 Å². The van der Waals surface area contributed by atoms with E-state index in [2.05, 4.69) is 20.9 Å². The number of halogens is 2. The highest BCUT2D eigenvalue weighted by atomic mass is 79.9. The van der Waals surface area contributed by atoms with Gasteiger partial charge in [-0.3, -0.25) is 0 Å². The van der Waals surface area contributed by atoms with E-state index in [1.54, 1.807) is 0 Å². The molecule has 0 unspecified atom stereocenters. The molecule has 2 rings (SSSR count). The number of imidazole rings is 1. The number of pyridine rings is 1. The van der Waals surface area contributed by atoms with Crippen molar-refractivity contribution >= 4 is 38.6 Å². The molecule has 0 amide bonds. The third-order valence-electron chi connectivity index (χ3n) is 1.33. The van der Waals surface area contributed by atoms with E-state index in [0.29, 0.717) is 0 Å². The van der Waals surface area contributed by atoms with Crippen LogP contribution in [0.25, 0.3) is 5.65 Å². The molecule has 2 nitrogen and oxygen atoms in total. The summed E-state index contributed by atoms with van der Waals surface area (Å²) >= 11 is 3.29. The lowest BCUT2D eigenvalue weighted by Gasteiger charge is -1.86. The lowest BCUT2D eigenvalue weighted by Crippen LogP contribution is -1.77. The van der Waals surface area contributed by atoms with E-state index < -0.39 is 0 Å². The van der Waals surface area contributed by atoms with Crippen LogP contribution in [0.15, 0.2) is 35.2 Å². The van der Waals surface area contributed by atoms with Gasteiger partial charge in [-0.1, -0.05) is 6.07 Å². The lowest BCUT2D eigenvalue weighted by molar-refractivity contribution is 1.19. The van der Waals surface area contributed by atoms with Crippen molar-refractivity contribution < 1.29 is 0 Å². The second-order valence-corrected chi connectivity index (χ2v) is 2.84. The summed E-state index contributed by atoms with van der Waals surface area (Å²) in [6, 6.07) is 5.90. The van der Waals surface area contributed by atoms with Crippen LogP contribution in [0.2, 0.25) is 0 Å². The van der Waals surface area contributed by atoms with E-state index in [4.69, 9.17) is 0 Å². The predicted molar refractivity (Wildman–Crippen MR) is 53.2 cm³/mol. The molecule has 0 aliphatic heterocycles. The van der Waals surface area contributed by atoms with E-state index in [-0.39, 0.29) is 17.0 Å². The van der Waals surface area contributed by atoms with E-state index in [1.165, 1.54) is 0 Å². The van der Waals surface area contributed by atoms with Crippen molar-refractivity contribution in [3.05, 3.63) is 35.2 Å². The molecule has 2 aromatic rings. The molecule has 0 N–H and O–H groups in total. The van der Waals surface area contributed by atoms with Crippen molar-refractivity contribution in [1.82, 2.24) is 9.38 Å². The number of nitrogens with zero attached hydrogens (tertiary/aromatic N) is 2. The molecule has 11 heavy (non-hydrogen) atoms. The van der Waals surface area contributed by atoms with E-state index in [0.717, 1.165) is 10.3 Å². The predicted octanol–water partition coefficient (Wildman–Crippen LogP) is 2.67. The fourth-order valence-corrected chi connectivity index (χ4v) is 1.31. The van der Waals surface area contributed by atoms with E-state index in [9.17, 15) is 0 Å². The molecule has 0 aromatic carbocycles. The summed E-state index contributed by atoms with van der Waals surface area (Å²) < 4.78 is 2.84. The van der Waals surface area contributed by atoms with Crippen molar-refractivity contribution in [3.63, 3.8) is 0 Å². The topological polar surface area (TPSA) is 17.3 Å². The van der Waals surface area contributed by atoms with Crippen LogP contribution in [-0.4, -0.2) is 9.38 Å². The number of rotatable bonds is 0. The van der Waals surface area contributed by atoms with Crippen LogP contribution < -0.4 is 0 Å². The van der Waals surface area contributed by atoms with Gasteiger partial charge >= 0.3 is 0 Å². The first-order valence-corrected chi connectivity index (χ1v) is 3.75. The number of hydrogen-bond donors (Lipinski definition) is 0. The zero-order valence-electron chi connectivity index (χ0n) is 5.57. The quantitative estimate of drug-likeness (QED) is 0.724. The first-order valence-electron chi connectivity index (χ1n) is 2.95. The van der Waals surface area contributed by atoms with Crippen LogP contribution in [0.1, 0.15) is 0 Å². The molecule has 0 aliphatic carbocycles. The summed E-state index contributed by atoms with van der Waals surface area (Å²) in [5, 5.41) is 0. The third-order valence-corrected chi connectivity index (χ3v) is 1.72. The zero-order valence-corrected chi connectivity index (χ0v) is 8.87. The Kier molecular flexibility index (Phi) is 2.67. The minimum atomic E-state index is 0. The van der Waals surface area contributed by atoms with Crippen LogP contribution in [-0.2, 0) is 0 Å². The second kappa shape index (κ2) is 3.36. The molecule has 0 saturated heterocycles. The van der Waals surface area contributed by atoms with Gasteiger partial charge in [0.2, 0.25) is 0 Å². The number of aromatic nitrogens is 2. The maximum atomic E-state index is 4.19. The lowest BCUT2D eigenvalue weighted by atomic mass is 10.5. The zero-order chi connectivity index (χ0) is 6.97. The Balaban J connectivity index is 0.000000605. The van der Waals surface area contributed by atoms with Crippen molar-refractivity contribution in [3.8, 4) is 0 Å². The molecule has 4 heteroatoms. The smallest absolute Gasteiger partial charge is 0.138 e. The Morgan fingerprint density at radius 3 is 2.91 bits per heavy atom. The minimum absolute atomic E-state index is 0. The molecule has 2 heterocycles. The van der Waals surface area contributed by atoms with Gasteiger partial charge in [0, 0.05) is 12.4 Å². The molecule has 0 spiro atoms. The Morgan fingerprint density at radius 1 is 1.36 bits per heavy atom. The summed E-state index contributed by atoms with van der Waals surface area (Å²) in [6.07, 6.45) is 3.89. The minimum Gasteiger partial charge on any atom is -0.306 e. The fourth-order valence-electron chi connectivity index (χ4n) is 0.904.